The number of rotatable bonds is 3. The van der Waals surface area contributed by atoms with Crippen LogP contribution in [0.25, 0.3) is 11.1 Å². The highest BCUT2D eigenvalue weighted by atomic mass is 35.5. The molecule has 3 nitrogen and oxygen atoms in total. The van der Waals surface area contributed by atoms with E-state index in [-0.39, 0.29) is 0 Å². The molecule has 0 bridgehead atoms. The highest BCUT2D eigenvalue weighted by Crippen LogP contribution is 2.33. The van der Waals surface area contributed by atoms with Crippen LogP contribution in [0.5, 0.6) is 0 Å². The van der Waals surface area contributed by atoms with Crippen molar-refractivity contribution < 1.29 is 13.0 Å². The van der Waals surface area contributed by atoms with Crippen molar-refractivity contribution in [1.82, 2.24) is 0 Å². The number of benzene rings is 2. The zero-order valence-electron chi connectivity index (χ0n) is 9.68. The van der Waals surface area contributed by atoms with Gasteiger partial charge in [0.2, 0.25) is 0 Å². The molecule has 0 aliphatic heterocycles. The lowest BCUT2D eigenvalue weighted by atomic mass is 10.0. The van der Waals surface area contributed by atoms with Crippen molar-refractivity contribution in [2.45, 2.75) is 5.75 Å². The van der Waals surface area contributed by atoms with Gasteiger partial charge in [0.1, 0.15) is 5.75 Å². The van der Waals surface area contributed by atoms with Gasteiger partial charge >= 0.3 is 0 Å². The normalized spacial score (nSPS) is 11.5. The van der Waals surface area contributed by atoms with E-state index in [1.165, 1.54) is 0 Å². The molecular weight excluding hydrogens is 307 g/mol. The molecule has 0 aromatic heterocycles. The zero-order valence-corrected chi connectivity index (χ0v) is 12.0. The minimum absolute atomic E-state index is 0.426. The SMILES string of the molecule is O=S(=O)(O)Cc1ccccc1-c1ccc(Cl)cc1Cl. The fraction of sp³-hybridized carbons (Fsp3) is 0.0769. The van der Waals surface area contributed by atoms with E-state index in [1.54, 1.807) is 42.5 Å². The Morgan fingerprint density at radius 2 is 1.68 bits per heavy atom. The highest BCUT2D eigenvalue weighted by Gasteiger charge is 2.13. The predicted octanol–water partition coefficient (Wildman–Crippen LogP) is 4.05. The monoisotopic (exact) mass is 316 g/mol. The Kier molecular flexibility index (Phi) is 4.16. The maximum atomic E-state index is 11.0. The summed E-state index contributed by atoms with van der Waals surface area (Å²) in [7, 11) is -4.10. The largest absolute Gasteiger partial charge is 0.285 e. The molecule has 0 radical (unpaired) electrons. The molecule has 2 aromatic carbocycles. The second kappa shape index (κ2) is 5.51. The summed E-state index contributed by atoms with van der Waals surface area (Å²) in [6.45, 7) is 0. The second-order valence-electron chi connectivity index (χ2n) is 4.01. The Morgan fingerprint density at radius 3 is 2.32 bits per heavy atom. The lowest BCUT2D eigenvalue weighted by Gasteiger charge is -2.10. The Labute approximate surface area is 121 Å². The molecule has 2 aromatic rings. The first-order chi connectivity index (χ1) is 8.87. The van der Waals surface area contributed by atoms with Gasteiger partial charge in [-0.15, -0.1) is 0 Å². The van der Waals surface area contributed by atoms with Crippen LogP contribution < -0.4 is 0 Å². The van der Waals surface area contributed by atoms with E-state index in [0.29, 0.717) is 26.7 Å². The number of hydrogen-bond acceptors (Lipinski definition) is 2. The Morgan fingerprint density at radius 1 is 1.00 bits per heavy atom. The molecule has 0 saturated carbocycles. The van der Waals surface area contributed by atoms with Crippen LogP contribution in [0.3, 0.4) is 0 Å². The van der Waals surface area contributed by atoms with Crippen LogP contribution in [-0.2, 0) is 15.9 Å². The lowest BCUT2D eigenvalue weighted by molar-refractivity contribution is 0.482. The number of halogens is 2. The molecular formula is C13H10Cl2O3S. The summed E-state index contributed by atoms with van der Waals surface area (Å²) in [4.78, 5) is 0. The Hall–Kier alpha value is -1.07. The molecule has 0 aliphatic carbocycles. The van der Waals surface area contributed by atoms with Gasteiger partial charge in [-0.3, -0.25) is 4.55 Å². The van der Waals surface area contributed by atoms with Gasteiger partial charge in [-0.05, 0) is 23.3 Å². The summed E-state index contributed by atoms with van der Waals surface area (Å²) in [6.07, 6.45) is 0. The van der Waals surface area contributed by atoms with E-state index in [9.17, 15) is 8.42 Å². The van der Waals surface area contributed by atoms with Gasteiger partial charge in [0, 0.05) is 15.6 Å². The van der Waals surface area contributed by atoms with Crippen molar-refractivity contribution in [2.24, 2.45) is 0 Å². The van der Waals surface area contributed by atoms with E-state index in [0.717, 1.165) is 0 Å². The van der Waals surface area contributed by atoms with Crippen molar-refractivity contribution >= 4 is 33.3 Å². The summed E-state index contributed by atoms with van der Waals surface area (Å²) in [6, 6.07) is 11.8. The van der Waals surface area contributed by atoms with Gasteiger partial charge in [-0.25, -0.2) is 0 Å². The van der Waals surface area contributed by atoms with Gasteiger partial charge in [0.05, 0.1) is 0 Å². The van der Waals surface area contributed by atoms with E-state index >= 15 is 0 Å². The molecule has 0 unspecified atom stereocenters. The fourth-order valence-electron chi connectivity index (χ4n) is 1.81. The topological polar surface area (TPSA) is 54.4 Å². The Bertz CT molecular complexity index is 712. The molecule has 0 aliphatic rings. The summed E-state index contributed by atoms with van der Waals surface area (Å²) in [5.41, 5.74) is 1.81. The van der Waals surface area contributed by atoms with Gasteiger partial charge in [-0.1, -0.05) is 53.5 Å². The summed E-state index contributed by atoms with van der Waals surface area (Å²) in [5.74, 6) is -0.456. The van der Waals surface area contributed by atoms with Crippen molar-refractivity contribution in [3.8, 4) is 11.1 Å². The third-order valence-electron chi connectivity index (χ3n) is 2.58. The standard InChI is InChI=1S/C13H10Cl2O3S/c14-10-5-6-12(13(15)7-10)11-4-2-1-3-9(11)8-19(16,17)18/h1-7H,8H2,(H,16,17,18). The molecule has 0 spiro atoms. The lowest BCUT2D eigenvalue weighted by Crippen LogP contribution is -2.03. The van der Waals surface area contributed by atoms with Crippen molar-refractivity contribution in [3.63, 3.8) is 0 Å². The molecule has 0 heterocycles. The van der Waals surface area contributed by atoms with Gasteiger partial charge in [0.15, 0.2) is 0 Å². The molecule has 0 saturated heterocycles. The Balaban J connectivity index is 2.56. The highest BCUT2D eigenvalue weighted by molar-refractivity contribution is 7.85. The minimum Gasteiger partial charge on any atom is -0.285 e. The van der Waals surface area contributed by atoms with Crippen LogP contribution in [0.15, 0.2) is 42.5 Å². The fourth-order valence-corrected chi connectivity index (χ4v) is 2.97. The average Bonchev–Trinajstić information content (AvgIpc) is 2.28. The van der Waals surface area contributed by atoms with Gasteiger partial charge in [-0.2, -0.15) is 8.42 Å². The molecule has 0 fully saturated rings. The van der Waals surface area contributed by atoms with E-state index in [1.807, 2.05) is 0 Å². The second-order valence-corrected chi connectivity index (χ2v) is 6.30. The predicted molar refractivity (Wildman–Crippen MR) is 77.2 cm³/mol. The smallest absolute Gasteiger partial charge is 0.269 e. The zero-order chi connectivity index (χ0) is 14.0. The van der Waals surface area contributed by atoms with E-state index in [2.05, 4.69) is 0 Å². The van der Waals surface area contributed by atoms with Gasteiger partial charge in [0.25, 0.3) is 10.1 Å². The van der Waals surface area contributed by atoms with Crippen LogP contribution >= 0.6 is 23.2 Å². The third-order valence-corrected chi connectivity index (χ3v) is 3.80. The van der Waals surface area contributed by atoms with Crippen LogP contribution in [-0.4, -0.2) is 13.0 Å². The molecule has 0 atom stereocenters. The van der Waals surface area contributed by atoms with E-state index in [4.69, 9.17) is 27.8 Å². The van der Waals surface area contributed by atoms with Crippen LogP contribution in [0.1, 0.15) is 5.56 Å². The molecule has 100 valence electrons. The molecule has 0 amide bonds. The molecule has 19 heavy (non-hydrogen) atoms. The van der Waals surface area contributed by atoms with E-state index < -0.39 is 15.9 Å². The van der Waals surface area contributed by atoms with Crippen LogP contribution in [0, 0.1) is 0 Å². The minimum atomic E-state index is -4.10. The number of hydrogen-bond donors (Lipinski definition) is 1. The third kappa shape index (κ3) is 3.70. The van der Waals surface area contributed by atoms with Crippen molar-refractivity contribution in [2.75, 3.05) is 0 Å². The van der Waals surface area contributed by atoms with Crippen molar-refractivity contribution in [1.29, 1.82) is 0 Å². The first-order valence-corrected chi connectivity index (χ1v) is 7.72. The molecule has 1 N–H and O–H groups in total. The average molecular weight is 317 g/mol. The van der Waals surface area contributed by atoms with Crippen LogP contribution in [0.2, 0.25) is 10.0 Å². The molecule has 2 rings (SSSR count). The first kappa shape index (κ1) is 14.3. The van der Waals surface area contributed by atoms with Crippen LogP contribution in [0.4, 0.5) is 0 Å². The van der Waals surface area contributed by atoms with Gasteiger partial charge < -0.3 is 0 Å². The summed E-state index contributed by atoms with van der Waals surface area (Å²) in [5, 5.41) is 0.927. The first-order valence-electron chi connectivity index (χ1n) is 5.35. The summed E-state index contributed by atoms with van der Waals surface area (Å²) < 4.78 is 31.0. The summed E-state index contributed by atoms with van der Waals surface area (Å²) >= 11 is 11.9. The maximum Gasteiger partial charge on any atom is 0.269 e. The molecule has 6 heteroatoms. The maximum absolute atomic E-state index is 11.0. The quantitative estimate of drug-likeness (QED) is 0.869. The van der Waals surface area contributed by atoms with Crippen molar-refractivity contribution in [3.05, 3.63) is 58.1 Å².